The monoisotopic (exact) mass is 267 g/mol. The van der Waals surface area contributed by atoms with E-state index in [0.717, 1.165) is 9.71 Å². The fourth-order valence-corrected chi connectivity index (χ4v) is 3.11. The maximum atomic E-state index is 13.0. The van der Waals surface area contributed by atoms with Gasteiger partial charge < -0.3 is 5.11 Å². The normalized spacial score (nSPS) is 11.9. The molecule has 2 rings (SSSR count). The van der Waals surface area contributed by atoms with Gasteiger partial charge >= 0.3 is 5.97 Å². The van der Waals surface area contributed by atoms with Crippen LogP contribution in [0.3, 0.4) is 0 Å². The van der Waals surface area contributed by atoms with Gasteiger partial charge in [-0.2, -0.15) is 0 Å². The van der Waals surface area contributed by atoms with E-state index < -0.39 is 5.97 Å². The molecule has 0 amide bonds. The highest BCUT2D eigenvalue weighted by Gasteiger charge is 2.24. The van der Waals surface area contributed by atoms with E-state index in [-0.39, 0.29) is 17.7 Å². The molecule has 0 aliphatic carbocycles. The SMILES string of the molecule is CC(C)(CC(=O)O)Cc1nc2cc(F)ccc2s1. The number of hydrogen-bond donors (Lipinski definition) is 1. The summed E-state index contributed by atoms with van der Waals surface area (Å²) in [5.41, 5.74) is 0.291. The molecular formula is C13H14FNO2S. The van der Waals surface area contributed by atoms with Crippen LogP contribution in [0.4, 0.5) is 4.39 Å². The highest BCUT2D eigenvalue weighted by atomic mass is 32.1. The van der Waals surface area contributed by atoms with Crippen LogP contribution in [0.2, 0.25) is 0 Å². The van der Waals surface area contributed by atoms with Crippen molar-refractivity contribution in [3.8, 4) is 0 Å². The fourth-order valence-electron chi connectivity index (χ4n) is 1.91. The van der Waals surface area contributed by atoms with Gasteiger partial charge in [0.1, 0.15) is 5.82 Å². The summed E-state index contributed by atoms with van der Waals surface area (Å²) in [6.07, 6.45) is 0.678. The average Bonchev–Trinajstić information content (AvgIpc) is 2.55. The van der Waals surface area contributed by atoms with Crippen molar-refractivity contribution in [3.05, 3.63) is 29.0 Å². The topological polar surface area (TPSA) is 50.2 Å². The van der Waals surface area contributed by atoms with Gasteiger partial charge in [0.2, 0.25) is 0 Å². The minimum Gasteiger partial charge on any atom is -0.481 e. The quantitative estimate of drug-likeness (QED) is 0.922. The zero-order chi connectivity index (χ0) is 13.3. The molecule has 1 heterocycles. The molecule has 0 bridgehead atoms. The Labute approximate surface area is 108 Å². The third kappa shape index (κ3) is 3.04. The first-order valence-electron chi connectivity index (χ1n) is 5.62. The second kappa shape index (κ2) is 4.65. The van der Waals surface area contributed by atoms with Gasteiger partial charge in [-0.1, -0.05) is 13.8 Å². The third-order valence-electron chi connectivity index (χ3n) is 2.65. The Hall–Kier alpha value is -1.49. The van der Waals surface area contributed by atoms with Crippen LogP contribution in [0.1, 0.15) is 25.3 Å². The predicted molar refractivity (Wildman–Crippen MR) is 69.3 cm³/mol. The van der Waals surface area contributed by atoms with E-state index in [0.29, 0.717) is 11.9 Å². The minimum absolute atomic E-state index is 0.0945. The molecule has 5 heteroatoms. The largest absolute Gasteiger partial charge is 0.481 e. The van der Waals surface area contributed by atoms with Crippen molar-refractivity contribution in [2.24, 2.45) is 5.41 Å². The Morgan fingerprint density at radius 2 is 2.22 bits per heavy atom. The number of thiazole rings is 1. The number of fused-ring (bicyclic) bond motifs is 1. The van der Waals surface area contributed by atoms with Gasteiger partial charge in [-0.3, -0.25) is 4.79 Å². The van der Waals surface area contributed by atoms with E-state index >= 15 is 0 Å². The van der Waals surface area contributed by atoms with Crippen molar-refractivity contribution in [1.29, 1.82) is 0 Å². The summed E-state index contributed by atoms with van der Waals surface area (Å²) in [6, 6.07) is 4.52. The second-order valence-electron chi connectivity index (χ2n) is 5.13. The van der Waals surface area contributed by atoms with E-state index in [1.807, 2.05) is 13.8 Å². The van der Waals surface area contributed by atoms with Crippen LogP contribution in [0.25, 0.3) is 10.2 Å². The number of carboxylic acid groups (broad SMARTS) is 1. The lowest BCUT2D eigenvalue weighted by Gasteiger charge is -2.20. The summed E-state index contributed by atoms with van der Waals surface area (Å²) < 4.78 is 14.0. The highest BCUT2D eigenvalue weighted by Crippen LogP contribution is 2.30. The van der Waals surface area contributed by atoms with Gasteiger partial charge in [-0.15, -0.1) is 11.3 Å². The molecule has 0 atom stereocenters. The van der Waals surface area contributed by atoms with Crippen LogP contribution in [0.5, 0.6) is 0 Å². The maximum absolute atomic E-state index is 13.0. The summed E-state index contributed by atoms with van der Waals surface area (Å²) in [7, 11) is 0. The summed E-state index contributed by atoms with van der Waals surface area (Å²) >= 11 is 1.49. The molecule has 1 aromatic carbocycles. The van der Waals surface area contributed by atoms with E-state index in [9.17, 15) is 9.18 Å². The number of aromatic nitrogens is 1. The van der Waals surface area contributed by atoms with E-state index in [1.165, 1.54) is 23.5 Å². The van der Waals surface area contributed by atoms with Gasteiger partial charge in [0.15, 0.2) is 0 Å². The summed E-state index contributed by atoms with van der Waals surface area (Å²) in [5.74, 6) is -1.11. The number of benzene rings is 1. The van der Waals surface area contributed by atoms with Crippen LogP contribution >= 0.6 is 11.3 Å². The molecule has 96 valence electrons. The first-order chi connectivity index (χ1) is 8.35. The van der Waals surface area contributed by atoms with Gasteiger partial charge in [-0.05, 0) is 17.5 Å². The van der Waals surface area contributed by atoms with Crippen LogP contribution in [0.15, 0.2) is 18.2 Å². The molecule has 0 radical (unpaired) electrons. The van der Waals surface area contributed by atoms with Crippen molar-refractivity contribution >= 4 is 27.5 Å². The molecule has 0 aliphatic heterocycles. The number of carbonyl (C=O) groups is 1. The molecule has 0 spiro atoms. The molecule has 18 heavy (non-hydrogen) atoms. The lowest BCUT2D eigenvalue weighted by Crippen LogP contribution is -2.19. The Bertz CT molecular complexity index is 592. The van der Waals surface area contributed by atoms with Gasteiger partial charge in [0.25, 0.3) is 0 Å². The number of rotatable bonds is 4. The van der Waals surface area contributed by atoms with E-state index in [2.05, 4.69) is 4.98 Å². The predicted octanol–water partition coefficient (Wildman–Crippen LogP) is 3.48. The van der Waals surface area contributed by atoms with Crippen molar-refractivity contribution in [3.63, 3.8) is 0 Å². The molecule has 0 saturated heterocycles. The zero-order valence-electron chi connectivity index (χ0n) is 10.2. The molecule has 1 aromatic heterocycles. The Morgan fingerprint density at radius 3 is 2.89 bits per heavy atom. The van der Waals surface area contributed by atoms with E-state index in [4.69, 9.17) is 5.11 Å². The average molecular weight is 267 g/mol. The molecule has 3 nitrogen and oxygen atoms in total. The highest BCUT2D eigenvalue weighted by molar-refractivity contribution is 7.18. The first kappa shape index (κ1) is 13.0. The molecular weight excluding hydrogens is 253 g/mol. The fraction of sp³-hybridized carbons (Fsp3) is 0.385. The maximum Gasteiger partial charge on any atom is 0.303 e. The molecule has 0 aliphatic rings. The first-order valence-corrected chi connectivity index (χ1v) is 6.44. The number of nitrogens with zero attached hydrogens (tertiary/aromatic N) is 1. The smallest absolute Gasteiger partial charge is 0.303 e. The molecule has 2 aromatic rings. The van der Waals surface area contributed by atoms with Gasteiger partial charge in [-0.25, -0.2) is 9.37 Å². The van der Waals surface area contributed by atoms with Crippen LogP contribution < -0.4 is 0 Å². The van der Waals surface area contributed by atoms with Crippen molar-refractivity contribution in [2.45, 2.75) is 26.7 Å². The minimum atomic E-state index is -0.813. The summed E-state index contributed by atoms with van der Waals surface area (Å²) in [4.78, 5) is 15.1. The van der Waals surface area contributed by atoms with E-state index in [1.54, 1.807) is 6.07 Å². The van der Waals surface area contributed by atoms with Crippen molar-refractivity contribution in [1.82, 2.24) is 4.98 Å². The van der Waals surface area contributed by atoms with Crippen LogP contribution in [-0.2, 0) is 11.2 Å². The number of hydrogen-bond acceptors (Lipinski definition) is 3. The third-order valence-corrected chi connectivity index (χ3v) is 3.69. The zero-order valence-corrected chi connectivity index (χ0v) is 11.1. The van der Waals surface area contributed by atoms with Gasteiger partial charge in [0, 0.05) is 12.5 Å². The molecule has 1 N–H and O–H groups in total. The molecule has 0 fully saturated rings. The Balaban J connectivity index is 2.24. The van der Waals surface area contributed by atoms with Crippen molar-refractivity contribution < 1.29 is 14.3 Å². The lowest BCUT2D eigenvalue weighted by molar-refractivity contribution is -0.139. The van der Waals surface area contributed by atoms with Gasteiger partial charge in [0.05, 0.1) is 21.6 Å². The lowest BCUT2D eigenvalue weighted by atomic mass is 9.86. The molecule has 0 unspecified atom stereocenters. The number of carboxylic acids is 1. The Morgan fingerprint density at radius 1 is 1.50 bits per heavy atom. The number of aliphatic carboxylic acids is 1. The standard InChI is InChI=1S/C13H14FNO2S/c1-13(2,7-12(16)17)6-11-15-9-5-8(14)3-4-10(9)18-11/h3-5H,6-7H2,1-2H3,(H,16,17). The van der Waals surface area contributed by atoms with Crippen LogP contribution in [0, 0.1) is 11.2 Å². The van der Waals surface area contributed by atoms with Crippen molar-refractivity contribution in [2.75, 3.05) is 0 Å². The Kier molecular flexibility index (Phi) is 3.34. The second-order valence-corrected chi connectivity index (χ2v) is 6.25. The van der Waals surface area contributed by atoms with Crippen LogP contribution in [-0.4, -0.2) is 16.1 Å². The number of halogens is 1. The summed E-state index contributed by atoms with van der Waals surface area (Å²) in [6.45, 7) is 3.79. The molecule has 0 saturated carbocycles. The summed E-state index contributed by atoms with van der Waals surface area (Å²) in [5, 5.41) is 9.69.